The van der Waals surface area contributed by atoms with Crippen LogP contribution in [0.25, 0.3) is 0 Å². The number of carboxylic acids is 1. The van der Waals surface area contributed by atoms with Crippen LogP contribution in [0.2, 0.25) is 0 Å². The number of hydrogen-bond donors (Lipinski definition) is 1. The molecule has 0 saturated carbocycles. The SMILES string of the molecule is Cc1ccsc1C(=O)N(CC(=O)O)c1ccccc1. The molecule has 0 aliphatic carbocycles. The molecule has 4 nitrogen and oxygen atoms in total. The fourth-order valence-corrected chi connectivity index (χ4v) is 2.61. The zero-order valence-electron chi connectivity index (χ0n) is 10.4. The molecule has 98 valence electrons. The molecule has 0 fully saturated rings. The molecule has 1 aromatic heterocycles. The number of aryl methyl sites for hydroxylation is 1. The summed E-state index contributed by atoms with van der Waals surface area (Å²) in [5.74, 6) is -1.31. The van der Waals surface area contributed by atoms with Crippen molar-refractivity contribution in [1.82, 2.24) is 0 Å². The van der Waals surface area contributed by atoms with Gasteiger partial charge in [-0.05, 0) is 36.1 Å². The van der Waals surface area contributed by atoms with Crippen molar-refractivity contribution in [2.45, 2.75) is 6.92 Å². The Kier molecular flexibility index (Phi) is 3.97. The summed E-state index contributed by atoms with van der Waals surface area (Å²) in [5.41, 5.74) is 1.45. The maximum atomic E-state index is 12.4. The lowest BCUT2D eigenvalue weighted by atomic mass is 10.2. The first kappa shape index (κ1) is 13.3. The van der Waals surface area contributed by atoms with Crippen molar-refractivity contribution in [1.29, 1.82) is 0 Å². The van der Waals surface area contributed by atoms with Gasteiger partial charge in [-0.25, -0.2) is 0 Å². The van der Waals surface area contributed by atoms with Gasteiger partial charge in [-0.15, -0.1) is 11.3 Å². The highest BCUT2D eigenvalue weighted by molar-refractivity contribution is 7.12. The molecular formula is C14H13NO3S. The second-order valence-electron chi connectivity index (χ2n) is 4.05. The molecule has 2 aromatic rings. The molecular weight excluding hydrogens is 262 g/mol. The molecule has 1 N–H and O–H groups in total. The summed E-state index contributed by atoms with van der Waals surface area (Å²) < 4.78 is 0. The van der Waals surface area contributed by atoms with Crippen molar-refractivity contribution in [2.75, 3.05) is 11.4 Å². The highest BCUT2D eigenvalue weighted by atomic mass is 32.1. The van der Waals surface area contributed by atoms with Gasteiger partial charge in [0.1, 0.15) is 6.54 Å². The van der Waals surface area contributed by atoms with Gasteiger partial charge in [0.25, 0.3) is 5.91 Å². The number of thiophene rings is 1. The topological polar surface area (TPSA) is 57.6 Å². The summed E-state index contributed by atoms with van der Waals surface area (Å²) in [6.45, 7) is 1.49. The first-order chi connectivity index (χ1) is 9.09. The van der Waals surface area contributed by atoms with Gasteiger partial charge in [-0.3, -0.25) is 14.5 Å². The van der Waals surface area contributed by atoms with E-state index in [1.807, 2.05) is 24.4 Å². The Hall–Kier alpha value is -2.14. The van der Waals surface area contributed by atoms with Gasteiger partial charge in [0.15, 0.2) is 0 Å². The van der Waals surface area contributed by atoms with Crippen LogP contribution in [0.4, 0.5) is 5.69 Å². The number of anilines is 1. The van der Waals surface area contributed by atoms with E-state index in [-0.39, 0.29) is 12.5 Å². The summed E-state index contributed by atoms with van der Waals surface area (Å²) in [7, 11) is 0. The lowest BCUT2D eigenvalue weighted by Gasteiger charge is -2.20. The molecule has 1 aromatic carbocycles. The van der Waals surface area contributed by atoms with Crippen LogP contribution in [0, 0.1) is 6.92 Å². The minimum Gasteiger partial charge on any atom is -0.480 e. The zero-order chi connectivity index (χ0) is 13.8. The van der Waals surface area contributed by atoms with Gasteiger partial charge < -0.3 is 5.11 Å². The quantitative estimate of drug-likeness (QED) is 0.933. The van der Waals surface area contributed by atoms with Crippen LogP contribution in [0.15, 0.2) is 41.8 Å². The normalized spacial score (nSPS) is 10.2. The molecule has 0 radical (unpaired) electrons. The number of amides is 1. The number of rotatable bonds is 4. The minimum absolute atomic E-state index is 0.277. The van der Waals surface area contributed by atoms with Crippen molar-refractivity contribution < 1.29 is 14.7 Å². The Bertz CT molecular complexity index is 592. The number of aliphatic carboxylic acids is 1. The number of nitrogens with zero attached hydrogens (tertiary/aromatic N) is 1. The monoisotopic (exact) mass is 275 g/mol. The van der Waals surface area contributed by atoms with Crippen molar-refractivity contribution in [3.05, 3.63) is 52.2 Å². The second kappa shape index (κ2) is 5.67. The third kappa shape index (κ3) is 3.00. The zero-order valence-corrected chi connectivity index (χ0v) is 11.2. The lowest BCUT2D eigenvalue weighted by molar-refractivity contribution is -0.135. The Labute approximate surface area is 114 Å². The van der Waals surface area contributed by atoms with E-state index in [0.29, 0.717) is 10.6 Å². The molecule has 0 aliphatic heterocycles. The summed E-state index contributed by atoms with van der Waals surface area (Å²) in [5, 5.41) is 10.8. The third-order valence-corrected chi connectivity index (χ3v) is 3.67. The van der Waals surface area contributed by atoms with Crippen LogP contribution >= 0.6 is 11.3 Å². The van der Waals surface area contributed by atoms with E-state index >= 15 is 0 Å². The standard InChI is InChI=1S/C14H13NO3S/c1-10-7-8-19-13(10)14(18)15(9-12(16)17)11-5-3-2-4-6-11/h2-8H,9H2,1H3,(H,16,17). The minimum atomic E-state index is -1.04. The van der Waals surface area contributed by atoms with Crippen LogP contribution in [-0.4, -0.2) is 23.5 Å². The fourth-order valence-electron chi connectivity index (χ4n) is 1.74. The average molecular weight is 275 g/mol. The van der Waals surface area contributed by atoms with Gasteiger partial charge in [-0.1, -0.05) is 18.2 Å². The first-order valence-electron chi connectivity index (χ1n) is 5.72. The highest BCUT2D eigenvalue weighted by Gasteiger charge is 2.22. The Morgan fingerprint density at radius 3 is 2.42 bits per heavy atom. The van der Waals surface area contributed by atoms with Crippen LogP contribution in [0.5, 0.6) is 0 Å². The maximum Gasteiger partial charge on any atom is 0.323 e. The van der Waals surface area contributed by atoms with E-state index in [4.69, 9.17) is 5.11 Å². The molecule has 0 saturated heterocycles. The van der Waals surface area contributed by atoms with Gasteiger partial charge in [0, 0.05) is 5.69 Å². The number of benzene rings is 1. The molecule has 0 bridgehead atoms. The molecule has 19 heavy (non-hydrogen) atoms. The first-order valence-corrected chi connectivity index (χ1v) is 6.60. The largest absolute Gasteiger partial charge is 0.480 e. The van der Waals surface area contributed by atoms with Crippen molar-refractivity contribution >= 4 is 28.9 Å². The van der Waals surface area contributed by atoms with E-state index < -0.39 is 5.97 Å². The summed E-state index contributed by atoms with van der Waals surface area (Å²) in [6.07, 6.45) is 0. The van der Waals surface area contributed by atoms with Crippen molar-refractivity contribution in [3.8, 4) is 0 Å². The maximum absolute atomic E-state index is 12.4. The number of hydrogen-bond acceptors (Lipinski definition) is 3. The van der Waals surface area contributed by atoms with E-state index in [9.17, 15) is 9.59 Å². The van der Waals surface area contributed by atoms with Gasteiger partial charge in [-0.2, -0.15) is 0 Å². The lowest BCUT2D eigenvalue weighted by Crippen LogP contribution is -2.35. The Morgan fingerprint density at radius 1 is 1.21 bits per heavy atom. The molecule has 2 rings (SSSR count). The predicted molar refractivity (Wildman–Crippen MR) is 74.8 cm³/mol. The van der Waals surface area contributed by atoms with Crippen molar-refractivity contribution in [2.24, 2.45) is 0 Å². The Balaban J connectivity index is 2.36. The van der Waals surface area contributed by atoms with E-state index in [2.05, 4.69) is 0 Å². The molecule has 1 heterocycles. The number of para-hydroxylation sites is 1. The van der Waals surface area contributed by atoms with Crippen LogP contribution in [0.1, 0.15) is 15.2 Å². The van der Waals surface area contributed by atoms with E-state index in [1.54, 1.807) is 24.3 Å². The second-order valence-corrected chi connectivity index (χ2v) is 4.97. The van der Waals surface area contributed by atoms with Gasteiger partial charge in [0.05, 0.1) is 4.88 Å². The Morgan fingerprint density at radius 2 is 1.89 bits per heavy atom. The molecule has 0 atom stereocenters. The van der Waals surface area contributed by atoms with E-state index in [1.165, 1.54) is 16.2 Å². The smallest absolute Gasteiger partial charge is 0.323 e. The highest BCUT2D eigenvalue weighted by Crippen LogP contribution is 2.22. The van der Waals surface area contributed by atoms with Gasteiger partial charge >= 0.3 is 5.97 Å². The average Bonchev–Trinajstić information content (AvgIpc) is 2.82. The molecule has 0 unspecified atom stereocenters. The number of carboxylic acid groups (broad SMARTS) is 1. The molecule has 5 heteroatoms. The number of carbonyl (C=O) groups is 2. The summed E-state index contributed by atoms with van der Waals surface area (Å²) in [6, 6.07) is 10.7. The molecule has 0 aliphatic rings. The molecule has 0 spiro atoms. The van der Waals surface area contributed by atoms with Crippen LogP contribution in [-0.2, 0) is 4.79 Å². The number of carbonyl (C=O) groups excluding carboxylic acids is 1. The third-order valence-electron chi connectivity index (χ3n) is 2.66. The summed E-state index contributed by atoms with van der Waals surface area (Å²) >= 11 is 1.32. The van der Waals surface area contributed by atoms with E-state index in [0.717, 1.165) is 5.56 Å². The predicted octanol–water partition coefficient (Wildman–Crippen LogP) is 2.79. The fraction of sp³-hybridized carbons (Fsp3) is 0.143. The molecule has 1 amide bonds. The van der Waals surface area contributed by atoms with Gasteiger partial charge in [0.2, 0.25) is 0 Å². The van der Waals surface area contributed by atoms with Crippen molar-refractivity contribution in [3.63, 3.8) is 0 Å². The summed E-state index contributed by atoms with van der Waals surface area (Å²) in [4.78, 5) is 25.2. The van der Waals surface area contributed by atoms with Crippen LogP contribution in [0.3, 0.4) is 0 Å². The van der Waals surface area contributed by atoms with Crippen LogP contribution < -0.4 is 4.90 Å².